The number of carbonyl (C=O) groups excluding carboxylic acids is 3. The van der Waals surface area contributed by atoms with Gasteiger partial charge in [0, 0.05) is 0 Å². The zero-order valence-electron chi connectivity index (χ0n) is 18.9. The molecule has 1 unspecified atom stereocenters. The number of ether oxygens (including phenoxy) is 4. The SMILES string of the molecule is C[C@@]1(O)C(OC(=O)c2ccccc2)O[C@H](COC(=O)c2ccccc2)[C@H]1OC(=O)c1ccccc1. The lowest BCUT2D eigenvalue weighted by Crippen LogP contribution is -2.49. The van der Waals surface area contributed by atoms with Crippen LogP contribution in [0, 0.1) is 0 Å². The molecule has 0 saturated carbocycles. The second-order valence-electron chi connectivity index (χ2n) is 8.16. The highest BCUT2D eigenvalue weighted by atomic mass is 16.7. The topological polar surface area (TPSA) is 108 Å². The van der Waals surface area contributed by atoms with E-state index in [9.17, 15) is 19.5 Å². The zero-order chi connectivity index (χ0) is 24.8. The van der Waals surface area contributed by atoms with Crippen LogP contribution in [0.2, 0.25) is 0 Å². The van der Waals surface area contributed by atoms with Gasteiger partial charge in [0.15, 0.2) is 11.7 Å². The second-order valence-corrected chi connectivity index (χ2v) is 8.16. The van der Waals surface area contributed by atoms with Crippen LogP contribution in [0.1, 0.15) is 38.0 Å². The smallest absolute Gasteiger partial charge is 0.340 e. The highest BCUT2D eigenvalue weighted by Gasteiger charge is 2.57. The maximum absolute atomic E-state index is 12.7. The van der Waals surface area contributed by atoms with E-state index in [0.29, 0.717) is 5.56 Å². The fourth-order valence-corrected chi connectivity index (χ4v) is 3.66. The van der Waals surface area contributed by atoms with Gasteiger partial charge in [-0.25, -0.2) is 14.4 Å². The predicted octanol–water partition coefficient (Wildman–Crippen LogP) is 3.40. The highest BCUT2D eigenvalue weighted by Crippen LogP contribution is 2.35. The Morgan fingerprint density at radius 1 is 0.743 bits per heavy atom. The Bertz CT molecular complexity index is 1160. The van der Waals surface area contributed by atoms with Gasteiger partial charge in [-0.1, -0.05) is 54.6 Å². The molecule has 1 N–H and O–H groups in total. The molecular weight excluding hydrogens is 452 g/mol. The number of aliphatic hydroxyl groups is 1. The molecule has 1 saturated heterocycles. The molecule has 0 spiro atoms. The Morgan fingerprint density at radius 3 is 1.66 bits per heavy atom. The minimum Gasteiger partial charge on any atom is -0.459 e. The van der Waals surface area contributed by atoms with Crippen molar-refractivity contribution in [2.24, 2.45) is 0 Å². The highest BCUT2D eigenvalue weighted by molar-refractivity contribution is 5.90. The molecule has 8 heteroatoms. The van der Waals surface area contributed by atoms with Gasteiger partial charge in [0.2, 0.25) is 6.29 Å². The van der Waals surface area contributed by atoms with Crippen LogP contribution in [-0.4, -0.2) is 53.7 Å². The minimum atomic E-state index is -1.93. The first kappa shape index (κ1) is 24.1. The summed E-state index contributed by atoms with van der Waals surface area (Å²) in [5, 5.41) is 11.2. The molecule has 35 heavy (non-hydrogen) atoms. The van der Waals surface area contributed by atoms with Crippen LogP contribution < -0.4 is 0 Å². The average molecular weight is 476 g/mol. The van der Waals surface area contributed by atoms with Gasteiger partial charge in [0.1, 0.15) is 12.7 Å². The van der Waals surface area contributed by atoms with Gasteiger partial charge in [-0.15, -0.1) is 0 Å². The maximum atomic E-state index is 12.7. The summed E-state index contributed by atoms with van der Waals surface area (Å²) in [7, 11) is 0. The second kappa shape index (κ2) is 10.5. The van der Waals surface area contributed by atoms with E-state index in [1.807, 2.05) is 0 Å². The average Bonchev–Trinajstić information content (AvgIpc) is 3.12. The molecule has 1 aliphatic rings. The van der Waals surface area contributed by atoms with Crippen LogP contribution in [0.15, 0.2) is 91.0 Å². The van der Waals surface area contributed by atoms with E-state index in [-0.39, 0.29) is 17.7 Å². The summed E-state index contributed by atoms with van der Waals surface area (Å²) in [6, 6.07) is 24.7. The molecule has 1 heterocycles. The van der Waals surface area contributed by atoms with E-state index < -0.39 is 42.0 Å². The Hall–Kier alpha value is -4.01. The monoisotopic (exact) mass is 476 g/mol. The van der Waals surface area contributed by atoms with E-state index in [2.05, 4.69) is 0 Å². The van der Waals surface area contributed by atoms with Crippen molar-refractivity contribution in [1.29, 1.82) is 0 Å². The summed E-state index contributed by atoms with van der Waals surface area (Å²) in [4.78, 5) is 37.8. The standard InChI is InChI=1S/C27H24O8/c1-27(31)22(34-24(29)19-13-7-3-8-14-19)21(17-32-23(28)18-11-5-2-6-12-18)33-26(27)35-25(30)20-15-9-4-10-16-20/h2-16,21-22,26,31H,17H2,1H3/t21-,22-,26?,27+/m1/s1. The van der Waals surface area contributed by atoms with Crippen LogP contribution in [0.5, 0.6) is 0 Å². The predicted molar refractivity (Wildman–Crippen MR) is 124 cm³/mol. The fourth-order valence-electron chi connectivity index (χ4n) is 3.66. The summed E-state index contributed by atoms with van der Waals surface area (Å²) < 4.78 is 22.1. The minimum absolute atomic E-state index is 0.253. The van der Waals surface area contributed by atoms with Gasteiger partial charge in [-0.2, -0.15) is 0 Å². The largest absolute Gasteiger partial charge is 0.459 e. The molecule has 3 aromatic carbocycles. The van der Waals surface area contributed by atoms with Crippen molar-refractivity contribution in [3.05, 3.63) is 108 Å². The first-order valence-corrected chi connectivity index (χ1v) is 11.0. The van der Waals surface area contributed by atoms with Crippen molar-refractivity contribution in [3.63, 3.8) is 0 Å². The lowest BCUT2D eigenvalue weighted by Gasteiger charge is -2.29. The molecule has 0 bridgehead atoms. The van der Waals surface area contributed by atoms with E-state index in [0.717, 1.165) is 0 Å². The summed E-state index contributed by atoms with van der Waals surface area (Å²) in [6.45, 7) is 0.980. The van der Waals surface area contributed by atoms with E-state index in [1.54, 1.807) is 91.0 Å². The summed E-state index contributed by atoms with van der Waals surface area (Å²) >= 11 is 0. The summed E-state index contributed by atoms with van der Waals surface area (Å²) in [5.41, 5.74) is -1.10. The first-order valence-electron chi connectivity index (χ1n) is 11.0. The van der Waals surface area contributed by atoms with Crippen LogP contribution in [0.4, 0.5) is 0 Å². The van der Waals surface area contributed by atoms with Gasteiger partial charge in [0.25, 0.3) is 0 Å². The third kappa shape index (κ3) is 5.56. The van der Waals surface area contributed by atoms with Crippen molar-refractivity contribution < 1.29 is 38.4 Å². The number of carbonyl (C=O) groups is 3. The van der Waals surface area contributed by atoms with Gasteiger partial charge >= 0.3 is 17.9 Å². The molecule has 4 rings (SSSR count). The van der Waals surface area contributed by atoms with Crippen LogP contribution in [0.3, 0.4) is 0 Å². The van der Waals surface area contributed by atoms with Crippen molar-refractivity contribution in [3.8, 4) is 0 Å². The zero-order valence-corrected chi connectivity index (χ0v) is 18.9. The van der Waals surface area contributed by atoms with E-state index in [4.69, 9.17) is 18.9 Å². The van der Waals surface area contributed by atoms with Crippen molar-refractivity contribution in [2.75, 3.05) is 6.61 Å². The summed E-state index contributed by atoms with van der Waals surface area (Å²) in [5.74, 6) is -2.06. The number of esters is 3. The molecule has 1 fully saturated rings. The molecule has 0 amide bonds. The van der Waals surface area contributed by atoms with Crippen LogP contribution in [0.25, 0.3) is 0 Å². The van der Waals surface area contributed by atoms with E-state index >= 15 is 0 Å². The Kier molecular flexibility index (Phi) is 7.24. The van der Waals surface area contributed by atoms with Gasteiger partial charge in [0.05, 0.1) is 16.7 Å². The quantitative estimate of drug-likeness (QED) is 0.408. The van der Waals surface area contributed by atoms with Crippen molar-refractivity contribution >= 4 is 17.9 Å². The molecule has 0 radical (unpaired) electrons. The molecule has 3 aromatic rings. The van der Waals surface area contributed by atoms with Crippen LogP contribution >= 0.6 is 0 Å². The third-order valence-corrected chi connectivity index (χ3v) is 5.54. The lowest BCUT2D eigenvalue weighted by atomic mass is 9.97. The van der Waals surface area contributed by atoms with Gasteiger partial charge < -0.3 is 24.1 Å². The lowest BCUT2D eigenvalue weighted by molar-refractivity contribution is -0.173. The molecule has 0 aromatic heterocycles. The van der Waals surface area contributed by atoms with Gasteiger partial charge in [-0.3, -0.25) is 0 Å². The molecular formula is C27H24O8. The Balaban J connectivity index is 1.53. The maximum Gasteiger partial charge on any atom is 0.340 e. The first-order chi connectivity index (χ1) is 16.9. The van der Waals surface area contributed by atoms with Crippen molar-refractivity contribution in [1.82, 2.24) is 0 Å². The summed E-state index contributed by atoms with van der Waals surface area (Å²) in [6.07, 6.45) is -3.88. The van der Waals surface area contributed by atoms with E-state index in [1.165, 1.54) is 6.92 Å². The molecule has 180 valence electrons. The molecule has 1 aliphatic heterocycles. The van der Waals surface area contributed by atoms with Crippen molar-refractivity contribution in [2.45, 2.75) is 31.0 Å². The fraction of sp³-hybridized carbons (Fsp3) is 0.222. The number of benzene rings is 3. The normalized spacial score (nSPS) is 23.3. The Morgan fingerprint density at radius 2 is 1.17 bits per heavy atom. The number of hydrogen-bond acceptors (Lipinski definition) is 8. The van der Waals surface area contributed by atoms with Crippen LogP contribution in [-0.2, 0) is 18.9 Å². The molecule has 0 aliphatic carbocycles. The third-order valence-electron chi connectivity index (χ3n) is 5.54. The van der Waals surface area contributed by atoms with Gasteiger partial charge in [-0.05, 0) is 43.3 Å². The Labute approximate surface area is 202 Å². The number of rotatable bonds is 7. The number of hydrogen-bond donors (Lipinski definition) is 1. The molecule has 8 nitrogen and oxygen atoms in total. The molecule has 4 atom stereocenters.